The van der Waals surface area contributed by atoms with Gasteiger partial charge in [-0.15, -0.1) is 12.6 Å². The molecule has 3 aliphatic rings. The van der Waals surface area contributed by atoms with E-state index >= 15 is 0 Å². The monoisotopic (exact) mass is 457 g/mol. The zero-order chi connectivity index (χ0) is 23.1. The van der Waals surface area contributed by atoms with E-state index in [0.717, 1.165) is 29.8 Å². The third kappa shape index (κ3) is 3.91. The fraction of sp³-hybridized carbons (Fsp3) is 0.577. The average Bonchev–Trinajstić information content (AvgIpc) is 3.20. The first-order chi connectivity index (χ1) is 15.2. The fourth-order valence-corrected chi connectivity index (χ4v) is 6.80. The molecule has 0 bridgehead atoms. The van der Waals surface area contributed by atoms with Gasteiger partial charge < -0.3 is 20.3 Å². The molecule has 174 valence electrons. The second-order valence-electron chi connectivity index (χ2n) is 10.2. The summed E-state index contributed by atoms with van der Waals surface area (Å²) >= 11 is 4.59. The Labute approximate surface area is 196 Å². The lowest BCUT2D eigenvalue weighted by molar-refractivity contribution is -0.152. The van der Waals surface area contributed by atoms with Gasteiger partial charge in [0.2, 0.25) is 0 Å². The molecule has 5 nitrogen and oxygen atoms in total. The highest BCUT2D eigenvalue weighted by atomic mass is 32.1. The Hall–Kier alpha value is -1.76. The summed E-state index contributed by atoms with van der Waals surface area (Å²) in [6.07, 6.45) is 5.39. The summed E-state index contributed by atoms with van der Waals surface area (Å²) < 4.78 is 5.25. The molecule has 0 saturated heterocycles. The Bertz CT molecular complexity index is 930. The van der Waals surface area contributed by atoms with E-state index in [1.165, 1.54) is 5.57 Å². The molecule has 0 radical (unpaired) electrons. The zero-order valence-electron chi connectivity index (χ0n) is 19.0. The number of aliphatic hydroxyl groups is 2. The number of rotatable bonds is 6. The number of hydrogen-bond acceptors (Lipinski definition) is 6. The second-order valence-corrected chi connectivity index (χ2v) is 10.7. The molecule has 2 saturated carbocycles. The van der Waals surface area contributed by atoms with Gasteiger partial charge in [-0.1, -0.05) is 38.1 Å². The van der Waals surface area contributed by atoms with Crippen molar-refractivity contribution in [2.45, 2.75) is 63.0 Å². The fourth-order valence-electron chi connectivity index (χ4n) is 6.58. The number of para-hydroxylation sites is 1. The first-order valence-electron chi connectivity index (χ1n) is 11.6. The van der Waals surface area contributed by atoms with Crippen LogP contribution in [0.2, 0.25) is 0 Å². The SMILES string of the molecule is C=C1CCC2[C@](C)(CO)C(O)CC[C@]2(C)[C@H]1CC(Nc1ccccc1S)C1=CCOC1=O. The topological polar surface area (TPSA) is 78.8 Å². The predicted octanol–water partition coefficient (Wildman–Crippen LogP) is 4.37. The number of carbonyl (C=O) groups excluding carboxylic acids is 1. The van der Waals surface area contributed by atoms with Gasteiger partial charge in [0.15, 0.2) is 0 Å². The molecule has 2 aliphatic carbocycles. The van der Waals surface area contributed by atoms with Crippen molar-refractivity contribution in [3.63, 3.8) is 0 Å². The molecule has 1 aliphatic heterocycles. The van der Waals surface area contributed by atoms with Gasteiger partial charge in [0.25, 0.3) is 0 Å². The zero-order valence-corrected chi connectivity index (χ0v) is 19.9. The van der Waals surface area contributed by atoms with Crippen molar-refractivity contribution in [2.75, 3.05) is 18.5 Å². The molecular formula is C26H35NO4S. The first-order valence-corrected chi connectivity index (χ1v) is 12.0. The minimum Gasteiger partial charge on any atom is -0.458 e. The molecule has 1 aromatic rings. The molecule has 6 atom stereocenters. The number of thiol groups is 1. The molecule has 3 N–H and O–H groups in total. The van der Waals surface area contributed by atoms with E-state index in [2.05, 4.69) is 31.4 Å². The van der Waals surface area contributed by atoms with E-state index in [4.69, 9.17) is 4.74 Å². The highest BCUT2D eigenvalue weighted by Crippen LogP contribution is 2.62. The van der Waals surface area contributed by atoms with E-state index in [-0.39, 0.29) is 35.9 Å². The normalized spacial score (nSPS) is 35.7. The number of esters is 1. The number of allylic oxidation sites excluding steroid dienone is 1. The minimum absolute atomic E-state index is 0.0280. The van der Waals surface area contributed by atoms with Gasteiger partial charge in [0.05, 0.1) is 24.3 Å². The van der Waals surface area contributed by atoms with Crippen LogP contribution in [-0.4, -0.2) is 41.5 Å². The van der Waals surface area contributed by atoms with Crippen LogP contribution in [0.15, 0.2) is 53.0 Å². The summed E-state index contributed by atoms with van der Waals surface area (Å²) in [5.74, 6) is 0.0570. The quantitative estimate of drug-likeness (QED) is 0.290. The third-order valence-electron chi connectivity index (χ3n) is 8.53. The maximum Gasteiger partial charge on any atom is 0.336 e. The molecule has 0 spiro atoms. The number of carbonyl (C=O) groups is 1. The van der Waals surface area contributed by atoms with Gasteiger partial charge >= 0.3 is 5.97 Å². The van der Waals surface area contributed by atoms with E-state index in [0.29, 0.717) is 25.0 Å². The molecule has 6 heteroatoms. The van der Waals surface area contributed by atoms with Crippen LogP contribution in [0.25, 0.3) is 0 Å². The van der Waals surface area contributed by atoms with Crippen LogP contribution >= 0.6 is 12.6 Å². The summed E-state index contributed by atoms with van der Waals surface area (Å²) in [4.78, 5) is 13.4. The molecule has 1 aromatic carbocycles. The Balaban J connectivity index is 1.68. The number of benzene rings is 1. The van der Waals surface area contributed by atoms with E-state index < -0.39 is 11.5 Å². The van der Waals surface area contributed by atoms with Crippen molar-refractivity contribution in [1.29, 1.82) is 0 Å². The van der Waals surface area contributed by atoms with Crippen LogP contribution in [0.1, 0.15) is 46.0 Å². The smallest absolute Gasteiger partial charge is 0.336 e. The largest absolute Gasteiger partial charge is 0.458 e. The van der Waals surface area contributed by atoms with E-state index in [1.54, 1.807) is 0 Å². The number of cyclic esters (lactones) is 1. The summed E-state index contributed by atoms with van der Waals surface area (Å²) in [6.45, 7) is 9.03. The van der Waals surface area contributed by atoms with Gasteiger partial charge in [-0.3, -0.25) is 0 Å². The van der Waals surface area contributed by atoms with Crippen LogP contribution in [0, 0.1) is 22.7 Å². The Morgan fingerprint density at radius 3 is 2.72 bits per heavy atom. The minimum atomic E-state index is -0.530. The summed E-state index contributed by atoms with van der Waals surface area (Å²) in [5, 5.41) is 24.6. The van der Waals surface area contributed by atoms with Crippen molar-refractivity contribution in [3.05, 3.63) is 48.1 Å². The Morgan fingerprint density at radius 2 is 2.06 bits per heavy atom. The molecule has 2 fully saturated rings. The third-order valence-corrected chi connectivity index (χ3v) is 8.92. The van der Waals surface area contributed by atoms with Crippen LogP contribution in [0.5, 0.6) is 0 Å². The summed E-state index contributed by atoms with van der Waals surface area (Å²) in [5.41, 5.74) is 2.08. The molecule has 3 unspecified atom stereocenters. The van der Waals surface area contributed by atoms with Crippen LogP contribution < -0.4 is 5.32 Å². The van der Waals surface area contributed by atoms with Gasteiger partial charge in [0.1, 0.15) is 6.61 Å². The highest BCUT2D eigenvalue weighted by Gasteiger charge is 2.58. The molecular weight excluding hydrogens is 422 g/mol. The first kappa shape index (κ1) is 23.4. The van der Waals surface area contributed by atoms with Crippen LogP contribution in [-0.2, 0) is 9.53 Å². The maximum absolute atomic E-state index is 12.5. The van der Waals surface area contributed by atoms with Crippen LogP contribution in [0.4, 0.5) is 5.69 Å². The number of anilines is 1. The molecule has 1 heterocycles. The van der Waals surface area contributed by atoms with Crippen molar-refractivity contribution >= 4 is 24.3 Å². The predicted molar refractivity (Wildman–Crippen MR) is 129 cm³/mol. The van der Waals surface area contributed by atoms with Crippen molar-refractivity contribution in [2.24, 2.45) is 22.7 Å². The van der Waals surface area contributed by atoms with E-state index in [1.807, 2.05) is 37.3 Å². The number of aliphatic hydroxyl groups excluding tert-OH is 2. The Kier molecular flexibility index (Phi) is 6.49. The second kappa shape index (κ2) is 8.88. The lowest BCUT2D eigenvalue weighted by Crippen LogP contribution is -2.58. The molecule has 0 amide bonds. The summed E-state index contributed by atoms with van der Waals surface area (Å²) in [6, 6.07) is 7.55. The Morgan fingerprint density at radius 1 is 1.31 bits per heavy atom. The highest BCUT2D eigenvalue weighted by molar-refractivity contribution is 7.80. The maximum atomic E-state index is 12.5. The average molecular weight is 458 g/mol. The number of hydrogen-bond donors (Lipinski definition) is 4. The van der Waals surface area contributed by atoms with E-state index in [9.17, 15) is 15.0 Å². The number of nitrogens with one attached hydrogen (secondary N) is 1. The van der Waals surface area contributed by atoms with Crippen LogP contribution in [0.3, 0.4) is 0 Å². The van der Waals surface area contributed by atoms with Crippen molar-refractivity contribution in [3.8, 4) is 0 Å². The van der Waals surface area contributed by atoms with Crippen molar-refractivity contribution < 1.29 is 19.7 Å². The van der Waals surface area contributed by atoms with Gasteiger partial charge in [0, 0.05) is 16.0 Å². The standard InChI is InChI=1S/C26H35NO4S/c1-16-8-9-22-25(2,12-10-23(29)26(22,3)15-28)18(16)14-20(17-11-13-31-24(17)30)27-19-6-4-5-7-21(19)32/h4-7,11,18,20,22-23,27-29,32H,1,8-10,12-15H2,2-3H3/t18-,20?,22?,23?,25+,26-/m0/s1. The lowest BCUT2D eigenvalue weighted by atomic mass is 9.46. The van der Waals surface area contributed by atoms with Gasteiger partial charge in [-0.2, -0.15) is 0 Å². The number of ether oxygens (including phenoxy) is 1. The summed E-state index contributed by atoms with van der Waals surface area (Å²) in [7, 11) is 0. The number of fused-ring (bicyclic) bond motifs is 1. The van der Waals surface area contributed by atoms with Gasteiger partial charge in [-0.25, -0.2) is 4.79 Å². The van der Waals surface area contributed by atoms with Gasteiger partial charge in [-0.05, 0) is 67.6 Å². The lowest BCUT2D eigenvalue weighted by Gasteiger charge is -2.60. The molecule has 4 rings (SSSR count). The van der Waals surface area contributed by atoms with Crippen molar-refractivity contribution in [1.82, 2.24) is 0 Å². The molecule has 32 heavy (non-hydrogen) atoms. The molecule has 0 aromatic heterocycles.